The van der Waals surface area contributed by atoms with E-state index in [-0.39, 0.29) is 11.7 Å². The number of hydrogen-bond acceptors (Lipinski definition) is 6. The molecular weight excluding hydrogens is 408 g/mol. The molecule has 0 aliphatic carbocycles. The van der Waals surface area contributed by atoms with Crippen LogP contribution in [0.25, 0.3) is 17.2 Å². The molecule has 31 heavy (non-hydrogen) atoms. The van der Waals surface area contributed by atoms with E-state index in [0.29, 0.717) is 22.6 Å². The lowest BCUT2D eigenvalue weighted by atomic mass is 10.0. The van der Waals surface area contributed by atoms with E-state index in [0.717, 1.165) is 16.9 Å². The number of aromatic nitrogens is 5. The Kier molecular flexibility index (Phi) is 6.37. The zero-order valence-electron chi connectivity index (χ0n) is 17.3. The summed E-state index contributed by atoms with van der Waals surface area (Å²) in [6.45, 7) is 4.21. The minimum Gasteiger partial charge on any atom is -0.325 e. The summed E-state index contributed by atoms with van der Waals surface area (Å²) in [5.41, 5.74) is 3.45. The highest BCUT2D eigenvalue weighted by atomic mass is 32.2. The van der Waals surface area contributed by atoms with Crippen molar-refractivity contribution >= 4 is 23.4 Å². The van der Waals surface area contributed by atoms with E-state index in [9.17, 15) is 4.79 Å². The van der Waals surface area contributed by atoms with Gasteiger partial charge < -0.3 is 5.32 Å². The van der Waals surface area contributed by atoms with Crippen LogP contribution in [0.3, 0.4) is 0 Å². The molecular formula is C23H22N6OS. The molecule has 0 bridgehead atoms. The molecule has 0 radical (unpaired) electrons. The van der Waals surface area contributed by atoms with Crippen molar-refractivity contribution in [3.63, 3.8) is 0 Å². The summed E-state index contributed by atoms with van der Waals surface area (Å²) in [5, 5.41) is 12.3. The number of para-hydroxylation sites is 2. The topological polar surface area (TPSA) is 85.6 Å². The molecule has 1 N–H and O–H groups in total. The maximum atomic E-state index is 12.7. The van der Waals surface area contributed by atoms with Crippen LogP contribution in [-0.2, 0) is 4.79 Å². The van der Waals surface area contributed by atoms with Gasteiger partial charge in [-0.05, 0) is 29.7 Å². The fourth-order valence-electron chi connectivity index (χ4n) is 3.18. The van der Waals surface area contributed by atoms with Gasteiger partial charge in [0.15, 0.2) is 11.0 Å². The van der Waals surface area contributed by atoms with Crippen molar-refractivity contribution in [1.82, 2.24) is 24.7 Å². The summed E-state index contributed by atoms with van der Waals surface area (Å²) < 4.78 is 1.89. The van der Waals surface area contributed by atoms with Crippen molar-refractivity contribution in [2.24, 2.45) is 0 Å². The zero-order chi connectivity index (χ0) is 21.6. The quantitative estimate of drug-likeness (QED) is 0.432. The molecule has 0 saturated carbocycles. The van der Waals surface area contributed by atoms with Crippen molar-refractivity contribution in [2.45, 2.75) is 24.9 Å². The zero-order valence-corrected chi connectivity index (χ0v) is 18.1. The predicted molar refractivity (Wildman–Crippen MR) is 122 cm³/mol. The first-order chi connectivity index (χ1) is 15.1. The molecule has 0 atom stereocenters. The van der Waals surface area contributed by atoms with Crippen LogP contribution in [0.2, 0.25) is 0 Å². The van der Waals surface area contributed by atoms with Crippen molar-refractivity contribution in [1.29, 1.82) is 0 Å². The summed E-state index contributed by atoms with van der Waals surface area (Å²) in [6.07, 6.45) is 4.88. The Morgan fingerprint density at radius 3 is 2.55 bits per heavy atom. The van der Waals surface area contributed by atoms with E-state index in [1.807, 2.05) is 59.2 Å². The number of thioether (sulfide) groups is 1. The third-order valence-electron chi connectivity index (χ3n) is 4.63. The molecule has 4 aromatic rings. The minimum atomic E-state index is -0.0956. The van der Waals surface area contributed by atoms with Gasteiger partial charge in [-0.3, -0.25) is 14.3 Å². The number of hydrogen-bond donors (Lipinski definition) is 1. The van der Waals surface area contributed by atoms with Gasteiger partial charge in [-0.1, -0.05) is 62.0 Å². The lowest BCUT2D eigenvalue weighted by Gasteiger charge is -2.13. The SMILES string of the molecule is CC(C)c1ccccc1NC(=O)CSc1nnc(-c2cnccn2)n1-c1ccccc1. The Hall–Kier alpha value is -3.52. The first-order valence-corrected chi connectivity index (χ1v) is 10.9. The Labute approximate surface area is 185 Å². The molecule has 7 nitrogen and oxygen atoms in total. The van der Waals surface area contributed by atoms with E-state index < -0.39 is 0 Å². The molecule has 2 heterocycles. The molecule has 2 aromatic heterocycles. The lowest BCUT2D eigenvalue weighted by Crippen LogP contribution is -2.16. The van der Waals surface area contributed by atoms with E-state index in [1.165, 1.54) is 11.8 Å². The maximum Gasteiger partial charge on any atom is 0.234 e. The van der Waals surface area contributed by atoms with Crippen LogP contribution in [0.5, 0.6) is 0 Å². The minimum absolute atomic E-state index is 0.0956. The molecule has 0 fully saturated rings. The second-order valence-corrected chi connectivity index (χ2v) is 8.09. The molecule has 8 heteroatoms. The second-order valence-electron chi connectivity index (χ2n) is 7.15. The smallest absolute Gasteiger partial charge is 0.234 e. The van der Waals surface area contributed by atoms with Gasteiger partial charge in [0.25, 0.3) is 0 Å². The molecule has 1 amide bonds. The largest absolute Gasteiger partial charge is 0.325 e. The van der Waals surface area contributed by atoms with Gasteiger partial charge in [-0.25, -0.2) is 4.98 Å². The number of carbonyl (C=O) groups is 1. The summed E-state index contributed by atoms with van der Waals surface area (Å²) in [6, 6.07) is 17.6. The molecule has 0 saturated heterocycles. The van der Waals surface area contributed by atoms with Gasteiger partial charge >= 0.3 is 0 Å². The van der Waals surface area contributed by atoms with Gasteiger partial charge in [0, 0.05) is 23.8 Å². The van der Waals surface area contributed by atoms with E-state index in [1.54, 1.807) is 18.6 Å². The highest BCUT2D eigenvalue weighted by molar-refractivity contribution is 7.99. The van der Waals surface area contributed by atoms with Gasteiger partial charge in [0.1, 0.15) is 5.69 Å². The van der Waals surface area contributed by atoms with E-state index in [4.69, 9.17) is 0 Å². The van der Waals surface area contributed by atoms with Crippen molar-refractivity contribution < 1.29 is 4.79 Å². The number of nitrogens with one attached hydrogen (secondary N) is 1. The number of carbonyl (C=O) groups excluding carboxylic acids is 1. The highest BCUT2D eigenvalue weighted by Gasteiger charge is 2.18. The first-order valence-electron chi connectivity index (χ1n) is 9.92. The van der Waals surface area contributed by atoms with Crippen LogP contribution < -0.4 is 5.32 Å². The fourth-order valence-corrected chi connectivity index (χ4v) is 3.94. The van der Waals surface area contributed by atoms with Gasteiger partial charge in [0.05, 0.1) is 11.9 Å². The number of nitrogens with zero attached hydrogens (tertiary/aromatic N) is 5. The van der Waals surface area contributed by atoms with Crippen LogP contribution in [-0.4, -0.2) is 36.4 Å². The molecule has 156 valence electrons. The molecule has 0 spiro atoms. The average molecular weight is 431 g/mol. The predicted octanol–water partition coefficient (Wildman–Crippen LogP) is 4.58. The number of rotatable bonds is 7. The normalized spacial score (nSPS) is 10.9. The van der Waals surface area contributed by atoms with E-state index >= 15 is 0 Å². The van der Waals surface area contributed by atoms with Crippen LogP contribution in [0.15, 0.2) is 78.3 Å². The Balaban J connectivity index is 1.57. The summed E-state index contributed by atoms with van der Waals surface area (Å²) in [5.74, 6) is 1.01. The third-order valence-corrected chi connectivity index (χ3v) is 5.56. The third kappa shape index (κ3) is 4.80. The van der Waals surface area contributed by atoms with Gasteiger partial charge in [-0.2, -0.15) is 0 Å². The van der Waals surface area contributed by atoms with Crippen molar-refractivity contribution in [3.8, 4) is 17.2 Å². The molecule has 4 rings (SSSR count). The van der Waals surface area contributed by atoms with Crippen LogP contribution in [0.4, 0.5) is 5.69 Å². The number of benzene rings is 2. The summed E-state index contributed by atoms with van der Waals surface area (Å²) in [7, 11) is 0. The summed E-state index contributed by atoms with van der Waals surface area (Å²) >= 11 is 1.33. The van der Waals surface area contributed by atoms with Gasteiger partial charge in [-0.15, -0.1) is 10.2 Å². The highest BCUT2D eigenvalue weighted by Crippen LogP contribution is 2.27. The Morgan fingerprint density at radius 2 is 1.81 bits per heavy atom. The first kappa shape index (κ1) is 20.7. The van der Waals surface area contributed by atoms with Crippen LogP contribution in [0.1, 0.15) is 25.3 Å². The standard InChI is InChI=1S/C23H22N6OS/c1-16(2)18-10-6-7-11-19(18)26-21(30)15-31-23-28-27-22(20-14-24-12-13-25-20)29(23)17-8-4-3-5-9-17/h3-14,16H,15H2,1-2H3,(H,26,30). The monoisotopic (exact) mass is 430 g/mol. The van der Waals surface area contributed by atoms with Gasteiger partial charge in [0.2, 0.25) is 5.91 Å². The lowest BCUT2D eigenvalue weighted by molar-refractivity contribution is -0.113. The maximum absolute atomic E-state index is 12.7. The van der Waals surface area contributed by atoms with Crippen LogP contribution in [0, 0.1) is 0 Å². The number of amides is 1. The van der Waals surface area contributed by atoms with Crippen LogP contribution >= 0.6 is 11.8 Å². The van der Waals surface area contributed by atoms with Crippen molar-refractivity contribution in [3.05, 3.63) is 78.8 Å². The molecule has 0 aliphatic heterocycles. The van der Waals surface area contributed by atoms with Crippen molar-refractivity contribution in [2.75, 3.05) is 11.1 Å². The Bertz CT molecular complexity index is 1160. The van der Waals surface area contributed by atoms with E-state index in [2.05, 4.69) is 39.3 Å². The Morgan fingerprint density at radius 1 is 1.03 bits per heavy atom. The summed E-state index contributed by atoms with van der Waals surface area (Å²) in [4.78, 5) is 21.2. The molecule has 2 aromatic carbocycles. The second kappa shape index (κ2) is 9.53. The fraction of sp³-hybridized carbons (Fsp3) is 0.174. The average Bonchev–Trinajstić information content (AvgIpc) is 3.23. The number of anilines is 1. The molecule has 0 unspecified atom stereocenters. The molecule has 0 aliphatic rings.